The van der Waals surface area contributed by atoms with Crippen LogP contribution in [0.3, 0.4) is 0 Å². The number of hydrogen-bond acceptors (Lipinski definition) is 6. The Morgan fingerprint density at radius 1 is 1.08 bits per heavy atom. The Kier molecular flexibility index (Phi) is 8.21. The number of rotatable bonds is 9. The molecule has 0 bridgehead atoms. The molecule has 4 aromatic rings. The van der Waals surface area contributed by atoms with E-state index in [0.717, 1.165) is 0 Å². The Hall–Kier alpha value is -4.76. The van der Waals surface area contributed by atoms with Crippen molar-refractivity contribution in [1.82, 2.24) is 9.55 Å². The highest BCUT2D eigenvalue weighted by Gasteiger charge is 2.25. The molecular formula is C29H24ClN3O6. The van der Waals surface area contributed by atoms with Crippen molar-refractivity contribution >= 4 is 34.9 Å². The number of aromatic carboxylic acids is 1. The van der Waals surface area contributed by atoms with Gasteiger partial charge in [-0.2, -0.15) is 0 Å². The van der Waals surface area contributed by atoms with E-state index in [4.69, 9.17) is 21.4 Å². The second-order valence-corrected chi connectivity index (χ2v) is 9.14. The van der Waals surface area contributed by atoms with Gasteiger partial charge in [-0.25, -0.2) is 4.79 Å². The first-order chi connectivity index (χ1) is 18.7. The zero-order valence-corrected chi connectivity index (χ0v) is 21.8. The fourth-order valence-electron chi connectivity index (χ4n) is 4.17. The third-order valence-electron chi connectivity index (χ3n) is 6.10. The van der Waals surface area contributed by atoms with Crippen LogP contribution >= 0.6 is 11.6 Å². The number of hydrogen-bond donors (Lipinski definition) is 2. The van der Waals surface area contributed by atoms with Crippen molar-refractivity contribution in [2.24, 2.45) is 0 Å². The van der Waals surface area contributed by atoms with Crippen LogP contribution in [0.5, 0.6) is 5.75 Å². The summed E-state index contributed by atoms with van der Waals surface area (Å²) in [6.45, 7) is 1.41. The average Bonchev–Trinajstić information content (AvgIpc) is 2.92. The maximum atomic E-state index is 13.5. The number of amides is 1. The summed E-state index contributed by atoms with van der Waals surface area (Å²) in [5.74, 6) is -1.55. The summed E-state index contributed by atoms with van der Waals surface area (Å²) in [6.07, 6.45) is 4.76. The third kappa shape index (κ3) is 6.22. The molecule has 0 aliphatic carbocycles. The summed E-state index contributed by atoms with van der Waals surface area (Å²) >= 11 is 6.20. The fourth-order valence-corrected chi connectivity index (χ4v) is 4.34. The van der Waals surface area contributed by atoms with Crippen LogP contribution in [-0.2, 0) is 11.2 Å². The molecule has 1 amide bonds. The standard InChI is InChI=1S/C29H24ClN3O6/c1-17(34)22-10-7-20(30)13-23(22)24-14-27(35)33(16-26(24)39-2)25(12-18-4-3-11-31-15-18)28(36)32-21-8-5-19(6-9-21)29(37)38/h3-11,13-16,25H,12H2,1-2H3,(H,32,36)(H,37,38)/t25-/m1/s1. The molecule has 0 aliphatic rings. The highest BCUT2D eigenvalue weighted by Crippen LogP contribution is 2.34. The number of aromatic nitrogens is 2. The molecule has 10 heteroatoms. The van der Waals surface area contributed by atoms with Crippen molar-refractivity contribution in [3.8, 4) is 16.9 Å². The van der Waals surface area contributed by atoms with Crippen LogP contribution in [0, 0.1) is 0 Å². The largest absolute Gasteiger partial charge is 0.495 e. The van der Waals surface area contributed by atoms with E-state index in [9.17, 15) is 19.2 Å². The molecule has 0 aliphatic heterocycles. The summed E-state index contributed by atoms with van der Waals surface area (Å²) in [5.41, 5.74) is 1.79. The number of Topliss-reactive ketones (excluding diaryl/α,β-unsaturated/α-hetero) is 1. The molecule has 39 heavy (non-hydrogen) atoms. The molecule has 0 saturated heterocycles. The number of carboxylic acid groups (broad SMARTS) is 1. The van der Waals surface area contributed by atoms with Crippen LogP contribution in [0.15, 0.2) is 84.0 Å². The molecule has 198 valence electrons. The molecule has 2 aromatic carbocycles. The molecule has 2 heterocycles. The first kappa shape index (κ1) is 27.3. The van der Waals surface area contributed by atoms with Gasteiger partial charge in [-0.3, -0.25) is 23.9 Å². The number of carboxylic acids is 1. The molecular weight excluding hydrogens is 522 g/mol. The number of ether oxygens (including phenoxy) is 1. The first-order valence-corrected chi connectivity index (χ1v) is 12.2. The molecule has 1 atom stereocenters. The summed E-state index contributed by atoms with van der Waals surface area (Å²) in [4.78, 5) is 54.5. The molecule has 4 rings (SSSR count). The zero-order chi connectivity index (χ0) is 28.1. The number of benzene rings is 2. The smallest absolute Gasteiger partial charge is 0.335 e. The summed E-state index contributed by atoms with van der Waals surface area (Å²) in [6, 6.07) is 14.2. The quantitative estimate of drug-likeness (QED) is 0.286. The van der Waals surface area contributed by atoms with E-state index >= 15 is 0 Å². The second-order valence-electron chi connectivity index (χ2n) is 8.70. The molecule has 9 nitrogen and oxygen atoms in total. The van der Waals surface area contributed by atoms with Crippen molar-refractivity contribution in [2.45, 2.75) is 19.4 Å². The topological polar surface area (TPSA) is 128 Å². The number of nitrogens with one attached hydrogen (secondary N) is 1. The highest BCUT2D eigenvalue weighted by atomic mass is 35.5. The van der Waals surface area contributed by atoms with E-state index in [1.807, 2.05) is 0 Å². The van der Waals surface area contributed by atoms with Crippen molar-refractivity contribution in [1.29, 1.82) is 0 Å². The first-order valence-electron chi connectivity index (χ1n) is 11.8. The van der Waals surface area contributed by atoms with Gasteiger partial charge in [0.15, 0.2) is 5.78 Å². The van der Waals surface area contributed by atoms with E-state index in [-0.39, 0.29) is 23.5 Å². The monoisotopic (exact) mass is 545 g/mol. The molecule has 0 spiro atoms. The second kappa shape index (κ2) is 11.7. The maximum absolute atomic E-state index is 13.5. The Balaban J connectivity index is 1.79. The summed E-state index contributed by atoms with van der Waals surface area (Å²) < 4.78 is 6.85. The molecule has 2 aromatic heterocycles. The van der Waals surface area contributed by atoms with Crippen LogP contribution in [0.2, 0.25) is 5.02 Å². The SMILES string of the molecule is COc1cn([C@H](Cc2cccnc2)C(=O)Nc2ccc(C(=O)O)cc2)c(=O)cc1-c1cc(Cl)ccc1C(C)=O. The van der Waals surface area contributed by atoms with Crippen LogP contribution < -0.4 is 15.6 Å². The number of methoxy groups -OCH3 is 1. The van der Waals surface area contributed by atoms with Crippen molar-refractivity contribution in [2.75, 3.05) is 12.4 Å². The Morgan fingerprint density at radius 2 is 1.82 bits per heavy atom. The predicted molar refractivity (Wildman–Crippen MR) is 147 cm³/mol. The van der Waals surface area contributed by atoms with Crippen molar-refractivity contribution < 1.29 is 24.2 Å². The molecule has 0 fully saturated rings. The minimum absolute atomic E-state index is 0.0717. The van der Waals surface area contributed by atoms with Gasteiger partial charge in [0.05, 0.1) is 18.9 Å². The van der Waals surface area contributed by atoms with E-state index in [1.165, 1.54) is 55.1 Å². The number of pyridine rings is 2. The third-order valence-corrected chi connectivity index (χ3v) is 6.34. The van der Waals surface area contributed by atoms with E-state index in [1.54, 1.807) is 42.7 Å². The van der Waals surface area contributed by atoms with E-state index in [2.05, 4.69) is 10.3 Å². The van der Waals surface area contributed by atoms with Crippen LogP contribution in [0.25, 0.3) is 11.1 Å². The van der Waals surface area contributed by atoms with Crippen molar-refractivity contribution in [3.63, 3.8) is 0 Å². The van der Waals surface area contributed by atoms with Gasteiger partial charge in [-0.05, 0) is 66.6 Å². The van der Waals surface area contributed by atoms with Crippen molar-refractivity contribution in [3.05, 3.63) is 111 Å². The molecule has 0 unspecified atom stereocenters. The van der Waals surface area contributed by atoms with Gasteiger partial charge in [-0.1, -0.05) is 17.7 Å². The number of halogens is 1. The Morgan fingerprint density at radius 3 is 2.44 bits per heavy atom. The Bertz CT molecular complexity index is 1600. The lowest BCUT2D eigenvalue weighted by Crippen LogP contribution is -2.34. The van der Waals surface area contributed by atoms with Gasteiger partial charge < -0.3 is 15.2 Å². The van der Waals surface area contributed by atoms with Gasteiger partial charge in [0.1, 0.15) is 11.8 Å². The number of carbonyl (C=O) groups excluding carboxylic acids is 2. The van der Waals surface area contributed by atoms with Gasteiger partial charge >= 0.3 is 5.97 Å². The molecule has 2 N–H and O–H groups in total. The van der Waals surface area contributed by atoms with Gasteiger partial charge in [-0.15, -0.1) is 0 Å². The number of nitrogens with zero attached hydrogens (tertiary/aromatic N) is 2. The lowest BCUT2D eigenvalue weighted by molar-refractivity contribution is -0.119. The number of ketones is 1. The van der Waals surface area contributed by atoms with Gasteiger partial charge in [0.25, 0.3) is 5.56 Å². The Labute approximate surface area is 228 Å². The molecule has 0 radical (unpaired) electrons. The minimum atomic E-state index is -1.09. The van der Waals surface area contributed by atoms with Gasteiger partial charge in [0, 0.05) is 46.7 Å². The lowest BCUT2D eigenvalue weighted by atomic mass is 9.97. The average molecular weight is 546 g/mol. The highest BCUT2D eigenvalue weighted by molar-refractivity contribution is 6.31. The summed E-state index contributed by atoms with van der Waals surface area (Å²) in [5, 5.41) is 12.3. The van der Waals surface area contributed by atoms with Gasteiger partial charge in [0.2, 0.25) is 5.91 Å². The fraction of sp³-hybridized carbons (Fsp3) is 0.138. The normalized spacial score (nSPS) is 11.5. The predicted octanol–water partition coefficient (Wildman–Crippen LogP) is 4.90. The van der Waals surface area contributed by atoms with E-state index in [0.29, 0.717) is 33.0 Å². The van der Waals surface area contributed by atoms with Crippen LogP contribution in [0.1, 0.15) is 39.2 Å². The summed E-state index contributed by atoms with van der Waals surface area (Å²) in [7, 11) is 1.42. The van der Waals surface area contributed by atoms with Crippen LogP contribution in [-0.4, -0.2) is 39.4 Å². The zero-order valence-electron chi connectivity index (χ0n) is 21.1. The maximum Gasteiger partial charge on any atom is 0.335 e. The molecule has 0 saturated carbocycles. The lowest BCUT2D eigenvalue weighted by Gasteiger charge is -2.22. The van der Waals surface area contributed by atoms with Crippen LogP contribution in [0.4, 0.5) is 5.69 Å². The van der Waals surface area contributed by atoms with E-state index < -0.39 is 23.5 Å². The minimum Gasteiger partial charge on any atom is -0.495 e. The number of carbonyl (C=O) groups is 3. The number of anilines is 1.